The molecule has 1 amide bonds. The number of ether oxygens (including phenoxy) is 1. The average molecular weight is 467 g/mol. The van der Waals surface area contributed by atoms with Crippen molar-refractivity contribution in [1.29, 1.82) is 0 Å². The van der Waals surface area contributed by atoms with Crippen LogP contribution in [0.15, 0.2) is 85.1 Å². The molecule has 35 heavy (non-hydrogen) atoms. The highest BCUT2D eigenvalue weighted by Crippen LogP contribution is 2.28. The first-order valence-electron chi connectivity index (χ1n) is 11.2. The van der Waals surface area contributed by atoms with Crippen molar-refractivity contribution in [2.45, 2.75) is 13.5 Å². The van der Waals surface area contributed by atoms with E-state index < -0.39 is 0 Å². The number of hydrogen-bond donors (Lipinski definition) is 1. The minimum absolute atomic E-state index is 0.209. The minimum Gasteiger partial charge on any atom is -0.496 e. The molecule has 2 heterocycles. The number of amides is 1. The first kappa shape index (κ1) is 22.3. The van der Waals surface area contributed by atoms with E-state index >= 15 is 0 Å². The zero-order valence-corrected chi connectivity index (χ0v) is 19.3. The Hall–Kier alpha value is -4.52. The monoisotopic (exact) mass is 466 g/mol. The van der Waals surface area contributed by atoms with E-state index in [4.69, 9.17) is 9.72 Å². The molecule has 5 rings (SSSR count). The van der Waals surface area contributed by atoms with Crippen LogP contribution in [-0.4, -0.2) is 27.8 Å². The van der Waals surface area contributed by atoms with Crippen LogP contribution in [0, 0.1) is 12.7 Å². The number of carbonyl (C=O) groups excluding carboxylic acids is 1. The molecule has 0 radical (unpaired) electrons. The number of carbonyl (C=O) groups is 1. The van der Waals surface area contributed by atoms with Gasteiger partial charge in [-0.2, -0.15) is 5.10 Å². The van der Waals surface area contributed by atoms with Gasteiger partial charge in [-0.05, 0) is 49.4 Å². The second-order valence-electron chi connectivity index (χ2n) is 8.10. The lowest BCUT2D eigenvalue weighted by Gasteiger charge is -2.12. The molecule has 0 spiro atoms. The Morgan fingerprint density at radius 1 is 1.03 bits per heavy atom. The molecule has 0 unspecified atom stereocenters. The van der Waals surface area contributed by atoms with Crippen LogP contribution in [0.2, 0.25) is 0 Å². The summed E-state index contributed by atoms with van der Waals surface area (Å²) in [4.78, 5) is 18.1. The molecule has 1 N–H and O–H groups in total. The van der Waals surface area contributed by atoms with E-state index in [0.717, 1.165) is 33.6 Å². The van der Waals surface area contributed by atoms with Crippen LogP contribution >= 0.6 is 0 Å². The van der Waals surface area contributed by atoms with Crippen LogP contribution in [-0.2, 0) is 6.54 Å². The van der Waals surface area contributed by atoms with Crippen molar-refractivity contribution >= 4 is 16.8 Å². The topological polar surface area (TPSA) is 69.0 Å². The lowest BCUT2D eigenvalue weighted by atomic mass is 10.0. The molecule has 5 aromatic rings. The van der Waals surface area contributed by atoms with Gasteiger partial charge in [-0.3, -0.25) is 4.79 Å². The van der Waals surface area contributed by atoms with Crippen LogP contribution in [0.5, 0.6) is 5.75 Å². The quantitative estimate of drug-likeness (QED) is 0.360. The van der Waals surface area contributed by atoms with Crippen molar-refractivity contribution in [1.82, 2.24) is 20.1 Å². The van der Waals surface area contributed by atoms with E-state index in [0.29, 0.717) is 23.3 Å². The Labute approximate surface area is 202 Å². The van der Waals surface area contributed by atoms with Crippen molar-refractivity contribution < 1.29 is 13.9 Å². The Morgan fingerprint density at radius 2 is 1.77 bits per heavy atom. The summed E-state index contributed by atoms with van der Waals surface area (Å²) in [5, 5.41) is 8.25. The number of pyridine rings is 1. The summed E-state index contributed by atoms with van der Waals surface area (Å²) < 4.78 is 20.5. The molecular weight excluding hydrogens is 443 g/mol. The summed E-state index contributed by atoms with van der Waals surface area (Å²) in [6, 6.07) is 23.1. The predicted octanol–water partition coefficient (Wildman–Crippen LogP) is 5.47. The highest BCUT2D eigenvalue weighted by molar-refractivity contribution is 6.07. The van der Waals surface area contributed by atoms with Gasteiger partial charge in [0.1, 0.15) is 11.6 Å². The third kappa shape index (κ3) is 4.36. The third-order valence-corrected chi connectivity index (χ3v) is 5.95. The molecule has 0 aliphatic heterocycles. The van der Waals surface area contributed by atoms with Gasteiger partial charge < -0.3 is 10.1 Å². The maximum atomic E-state index is 13.4. The summed E-state index contributed by atoms with van der Waals surface area (Å²) in [7, 11) is 1.61. The zero-order valence-electron chi connectivity index (χ0n) is 19.3. The number of nitrogens with zero attached hydrogens (tertiary/aromatic N) is 3. The van der Waals surface area contributed by atoms with Gasteiger partial charge in [0.2, 0.25) is 0 Å². The summed E-state index contributed by atoms with van der Waals surface area (Å²) in [6.45, 7) is 2.25. The lowest BCUT2D eigenvalue weighted by molar-refractivity contribution is 0.0952. The van der Waals surface area contributed by atoms with E-state index in [-0.39, 0.29) is 11.7 Å². The van der Waals surface area contributed by atoms with Gasteiger partial charge in [-0.25, -0.2) is 14.1 Å². The Bertz CT molecular complexity index is 1530. The Balaban J connectivity index is 1.52. The van der Waals surface area contributed by atoms with Gasteiger partial charge in [0.15, 0.2) is 0 Å². The summed E-state index contributed by atoms with van der Waals surface area (Å²) >= 11 is 0. The van der Waals surface area contributed by atoms with Crippen molar-refractivity contribution in [2.24, 2.45) is 0 Å². The van der Waals surface area contributed by atoms with Gasteiger partial charge in [-0.15, -0.1) is 0 Å². The minimum atomic E-state index is -0.307. The van der Waals surface area contributed by atoms with E-state index in [1.807, 2.05) is 55.5 Å². The van der Waals surface area contributed by atoms with Crippen molar-refractivity contribution in [3.05, 3.63) is 108 Å². The molecule has 0 aliphatic carbocycles. The molecule has 0 bridgehead atoms. The molecule has 6 nitrogen and oxygen atoms in total. The normalized spacial score (nSPS) is 10.9. The highest BCUT2D eigenvalue weighted by atomic mass is 19.1. The smallest absolute Gasteiger partial charge is 0.252 e. The van der Waals surface area contributed by atoms with Crippen LogP contribution < -0.4 is 10.1 Å². The molecule has 0 fully saturated rings. The molecular formula is C28H23FN4O2. The van der Waals surface area contributed by atoms with Crippen molar-refractivity contribution in [3.63, 3.8) is 0 Å². The van der Waals surface area contributed by atoms with Gasteiger partial charge >= 0.3 is 0 Å². The number of rotatable bonds is 6. The molecule has 0 saturated heterocycles. The van der Waals surface area contributed by atoms with Gasteiger partial charge in [0.25, 0.3) is 5.91 Å². The summed E-state index contributed by atoms with van der Waals surface area (Å²) in [6.07, 6.45) is 1.71. The third-order valence-electron chi connectivity index (χ3n) is 5.95. The fourth-order valence-corrected chi connectivity index (χ4v) is 4.12. The van der Waals surface area contributed by atoms with Crippen LogP contribution in [0.1, 0.15) is 21.6 Å². The molecule has 0 atom stereocenters. The van der Waals surface area contributed by atoms with E-state index in [1.54, 1.807) is 36.2 Å². The second-order valence-corrected chi connectivity index (χ2v) is 8.10. The molecule has 3 aromatic carbocycles. The van der Waals surface area contributed by atoms with Crippen LogP contribution in [0.3, 0.4) is 0 Å². The summed E-state index contributed by atoms with van der Waals surface area (Å²) in [5.74, 6) is 0.204. The largest absolute Gasteiger partial charge is 0.496 e. The second kappa shape index (κ2) is 9.38. The highest BCUT2D eigenvalue weighted by Gasteiger charge is 2.17. The van der Waals surface area contributed by atoms with Crippen molar-refractivity contribution in [3.8, 4) is 22.7 Å². The number of fused-ring (bicyclic) bond motifs is 1. The number of halogens is 1. The van der Waals surface area contributed by atoms with Gasteiger partial charge in [0, 0.05) is 23.1 Å². The van der Waals surface area contributed by atoms with E-state index in [2.05, 4.69) is 10.4 Å². The first-order valence-corrected chi connectivity index (χ1v) is 11.2. The number of para-hydroxylation sites is 2. The molecule has 0 aliphatic rings. The van der Waals surface area contributed by atoms with Crippen LogP contribution in [0.25, 0.3) is 27.8 Å². The standard InChI is InChI=1S/C28H23FN4O2/c1-18-24(17-31-33(18)21-13-11-20(29)12-14-21)26-15-23(22-8-4-5-9-25(22)32-26)28(34)30-16-19-7-3-6-10-27(19)35-2/h3-15,17H,16H2,1-2H3,(H,30,34). The maximum absolute atomic E-state index is 13.4. The zero-order chi connectivity index (χ0) is 24.4. The van der Waals surface area contributed by atoms with Gasteiger partial charge in [-0.1, -0.05) is 36.4 Å². The van der Waals surface area contributed by atoms with Crippen LogP contribution in [0.4, 0.5) is 4.39 Å². The molecule has 2 aromatic heterocycles. The van der Waals surface area contributed by atoms with E-state index in [9.17, 15) is 9.18 Å². The number of hydrogen-bond acceptors (Lipinski definition) is 4. The Kier molecular flexibility index (Phi) is 5.97. The number of benzene rings is 3. The number of nitrogens with one attached hydrogen (secondary N) is 1. The molecule has 174 valence electrons. The van der Waals surface area contributed by atoms with E-state index in [1.165, 1.54) is 12.1 Å². The SMILES string of the molecule is COc1ccccc1CNC(=O)c1cc(-c2cnn(-c3ccc(F)cc3)c2C)nc2ccccc12. The molecule has 0 saturated carbocycles. The fraction of sp³-hybridized carbons (Fsp3) is 0.107. The predicted molar refractivity (Wildman–Crippen MR) is 133 cm³/mol. The summed E-state index contributed by atoms with van der Waals surface area (Å²) in [5.41, 5.74) is 5.12. The first-order chi connectivity index (χ1) is 17.0. The van der Waals surface area contributed by atoms with Crippen molar-refractivity contribution in [2.75, 3.05) is 7.11 Å². The Morgan fingerprint density at radius 3 is 2.57 bits per heavy atom. The maximum Gasteiger partial charge on any atom is 0.252 e. The van der Waals surface area contributed by atoms with Gasteiger partial charge in [0.05, 0.1) is 41.5 Å². The fourth-order valence-electron chi connectivity index (χ4n) is 4.12. The number of methoxy groups -OCH3 is 1. The molecule has 7 heteroatoms. The lowest BCUT2D eigenvalue weighted by Crippen LogP contribution is -2.23. The average Bonchev–Trinajstić information content (AvgIpc) is 3.28. The number of aromatic nitrogens is 3.